The van der Waals surface area contributed by atoms with Crippen molar-refractivity contribution in [2.24, 2.45) is 0 Å². The van der Waals surface area contributed by atoms with Gasteiger partial charge in [0.2, 0.25) is 5.91 Å². The third kappa shape index (κ3) is 3.51. The predicted molar refractivity (Wildman–Crippen MR) is 68.2 cm³/mol. The molecule has 0 aromatic carbocycles. The lowest BCUT2D eigenvalue weighted by Gasteiger charge is -2.11. The van der Waals surface area contributed by atoms with E-state index in [9.17, 15) is 4.79 Å². The third-order valence-corrected chi connectivity index (χ3v) is 3.18. The van der Waals surface area contributed by atoms with Gasteiger partial charge in [0.1, 0.15) is 0 Å². The molecule has 5 nitrogen and oxygen atoms in total. The molecule has 0 saturated carbocycles. The van der Waals surface area contributed by atoms with Crippen molar-refractivity contribution in [1.82, 2.24) is 15.6 Å². The van der Waals surface area contributed by atoms with Crippen LogP contribution in [0.1, 0.15) is 12.0 Å². The lowest BCUT2D eigenvalue weighted by Crippen LogP contribution is -2.41. The van der Waals surface area contributed by atoms with Crippen molar-refractivity contribution in [2.45, 2.75) is 25.0 Å². The van der Waals surface area contributed by atoms with E-state index in [4.69, 9.17) is 4.74 Å². The SMILES string of the molecule is COC1CNC(C(=O)NCCc2cccnc2)C1. The molecular formula is C13H19N3O2. The van der Waals surface area contributed by atoms with Crippen molar-refractivity contribution in [2.75, 3.05) is 20.2 Å². The summed E-state index contributed by atoms with van der Waals surface area (Å²) in [4.78, 5) is 15.9. The molecule has 1 aromatic heterocycles. The van der Waals surface area contributed by atoms with E-state index in [0.717, 1.165) is 24.9 Å². The number of nitrogens with zero attached hydrogens (tertiary/aromatic N) is 1. The van der Waals surface area contributed by atoms with Gasteiger partial charge in [-0.15, -0.1) is 0 Å². The molecule has 2 N–H and O–H groups in total. The van der Waals surface area contributed by atoms with Crippen LogP contribution in [-0.4, -0.2) is 43.2 Å². The van der Waals surface area contributed by atoms with Gasteiger partial charge in [0.05, 0.1) is 12.1 Å². The van der Waals surface area contributed by atoms with Gasteiger partial charge >= 0.3 is 0 Å². The summed E-state index contributed by atoms with van der Waals surface area (Å²) in [5.74, 6) is 0.0541. The second-order valence-electron chi connectivity index (χ2n) is 4.46. The Morgan fingerprint density at radius 1 is 1.67 bits per heavy atom. The number of carbonyl (C=O) groups is 1. The number of rotatable bonds is 5. The largest absolute Gasteiger partial charge is 0.380 e. The van der Waals surface area contributed by atoms with Crippen LogP contribution in [0.3, 0.4) is 0 Å². The standard InChI is InChI=1S/C13H19N3O2/c1-18-11-7-12(16-9-11)13(17)15-6-4-10-3-2-5-14-8-10/h2-3,5,8,11-12,16H,4,6-7,9H2,1H3,(H,15,17). The molecule has 2 rings (SSSR count). The monoisotopic (exact) mass is 249 g/mol. The van der Waals surface area contributed by atoms with Crippen LogP contribution in [0.15, 0.2) is 24.5 Å². The van der Waals surface area contributed by atoms with Gasteiger partial charge in [-0.2, -0.15) is 0 Å². The molecule has 2 unspecified atom stereocenters. The lowest BCUT2D eigenvalue weighted by atomic mass is 10.2. The second-order valence-corrected chi connectivity index (χ2v) is 4.46. The second kappa shape index (κ2) is 6.47. The summed E-state index contributed by atoms with van der Waals surface area (Å²) < 4.78 is 5.21. The first-order valence-corrected chi connectivity index (χ1v) is 6.22. The molecule has 2 heterocycles. The minimum absolute atomic E-state index is 0.0541. The number of pyridine rings is 1. The van der Waals surface area contributed by atoms with Crippen molar-refractivity contribution in [3.05, 3.63) is 30.1 Å². The van der Waals surface area contributed by atoms with Crippen LogP contribution in [0.5, 0.6) is 0 Å². The van der Waals surface area contributed by atoms with Gasteiger partial charge in [0.15, 0.2) is 0 Å². The fraction of sp³-hybridized carbons (Fsp3) is 0.538. The van der Waals surface area contributed by atoms with Crippen molar-refractivity contribution >= 4 is 5.91 Å². The van der Waals surface area contributed by atoms with E-state index in [1.54, 1.807) is 13.3 Å². The average molecular weight is 249 g/mol. The molecule has 5 heteroatoms. The highest BCUT2D eigenvalue weighted by atomic mass is 16.5. The topological polar surface area (TPSA) is 63.2 Å². The molecule has 0 bridgehead atoms. The first kappa shape index (κ1) is 13.0. The Hall–Kier alpha value is -1.46. The zero-order valence-corrected chi connectivity index (χ0v) is 10.6. The number of methoxy groups -OCH3 is 1. The Morgan fingerprint density at radius 3 is 3.22 bits per heavy atom. The summed E-state index contributed by atoms with van der Waals surface area (Å²) in [5, 5.41) is 6.09. The Balaban J connectivity index is 1.69. The maximum absolute atomic E-state index is 11.9. The number of aromatic nitrogens is 1. The highest BCUT2D eigenvalue weighted by Crippen LogP contribution is 2.09. The van der Waals surface area contributed by atoms with Gasteiger partial charge in [-0.1, -0.05) is 6.07 Å². The normalized spacial score (nSPS) is 22.9. The summed E-state index contributed by atoms with van der Waals surface area (Å²) in [7, 11) is 1.68. The van der Waals surface area contributed by atoms with E-state index in [0.29, 0.717) is 6.54 Å². The summed E-state index contributed by atoms with van der Waals surface area (Å²) in [6, 6.07) is 3.79. The molecule has 2 atom stereocenters. The van der Waals surface area contributed by atoms with Crippen LogP contribution >= 0.6 is 0 Å². The van der Waals surface area contributed by atoms with Crippen LogP contribution in [0, 0.1) is 0 Å². The van der Waals surface area contributed by atoms with E-state index in [2.05, 4.69) is 15.6 Å². The number of carbonyl (C=O) groups excluding carboxylic acids is 1. The van der Waals surface area contributed by atoms with Crippen LogP contribution in [0.25, 0.3) is 0 Å². The number of amides is 1. The zero-order chi connectivity index (χ0) is 12.8. The predicted octanol–water partition coefficient (Wildman–Crippen LogP) is 0.117. The molecular weight excluding hydrogens is 230 g/mol. The van der Waals surface area contributed by atoms with Gasteiger partial charge in [-0.05, 0) is 24.5 Å². The molecule has 1 saturated heterocycles. The van der Waals surface area contributed by atoms with Gasteiger partial charge in [-0.25, -0.2) is 0 Å². The maximum atomic E-state index is 11.9. The molecule has 1 aliphatic heterocycles. The Morgan fingerprint density at radius 2 is 2.56 bits per heavy atom. The zero-order valence-electron chi connectivity index (χ0n) is 10.6. The number of nitrogens with one attached hydrogen (secondary N) is 2. The van der Waals surface area contributed by atoms with E-state index in [1.807, 2.05) is 18.3 Å². The smallest absolute Gasteiger partial charge is 0.237 e. The fourth-order valence-corrected chi connectivity index (χ4v) is 2.08. The summed E-state index contributed by atoms with van der Waals surface area (Å²) >= 11 is 0. The van der Waals surface area contributed by atoms with Crippen molar-refractivity contribution in [1.29, 1.82) is 0 Å². The highest BCUT2D eigenvalue weighted by Gasteiger charge is 2.28. The molecule has 98 valence electrons. The van der Waals surface area contributed by atoms with E-state index in [-0.39, 0.29) is 18.1 Å². The summed E-state index contributed by atoms with van der Waals surface area (Å²) in [6.07, 6.45) is 5.27. The van der Waals surface area contributed by atoms with Crippen LogP contribution < -0.4 is 10.6 Å². The molecule has 1 amide bonds. The van der Waals surface area contributed by atoms with E-state index in [1.165, 1.54) is 0 Å². The van der Waals surface area contributed by atoms with E-state index >= 15 is 0 Å². The van der Waals surface area contributed by atoms with Crippen molar-refractivity contribution in [3.8, 4) is 0 Å². The Labute approximate surface area is 107 Å². The van der Waals surface area contributed by atoms with Crippen molar-refractivity contribution in [3.63, 3.8) is 0 Å². The minimum atomic E-state index is -0.121. The Bertz CT molecular complexity index is 383. The fourth-order valence-electron chi connectivity index (χ4n) is 2.08. The molecule has 1 fully saturated rings. The average Bonchev–Trinajstić information content (AvgIpc) is 2.89. The van der Waals surface area contributed by atoms with Crippen LogP contribution in [-0.2, 0) is 16.0 Å². The molecule has 18 heavy (non-hydrogen) atoms. The molecule has 0 radical (unpaired) electrons. The van der Waals surface area contributed by atoms with Crippen LogP contribution in [0.4, 0.5) is 0 Å². The molecule has 1 aliphatic rings. The van der Waals surface area contributed by atoms with Gasteiger partial charge in [0.25, 0.3) is 0 Å². The van der Waals surface area contributed by atoms with Gasteiger partial charge in [0, 0.05) is 32.6 Å². The molecule has 1 aromatic rings. The van der Waals surface area contributed by atoms with E-state index < -0.39 is 0 Å². The molecule has 0 aliphatic carbocycles. The van der Waals surface area contributed by atoms with Crippen LogP contribution in [0.2, 0.25) is 0 Å². The lowest BCUT2D eigenvalue weighted by molar-refractivity contribution is -0.122. The summed E-state index contributed by atoms with van der Waals surface area (Å²) in [6.45, 7) is 1.39. The first-order chi connectivity index (χ1) is 8.79. The van der Waals surface area contributed by atoms with Gasteiger partial charge in [-0.3, -0.25) is 9.78 Å². The van der Waals surface area contributed by atoms with Crippen molar-refractivity contribution < 1.29 is 9.53 Å². The first-order valence-electron chi connectivity index (χ1n) is 6.22. The number of hydrogen-bond acceptors (Lipinski definition) is 4. The highest BCUT2D eigenvalue weighted by molar-refractivity contribution is 5.82. The number of ether oxygens (including phenoxy) is 1. The van der Waals surface area contributed by atoms with Gasteiger partial charge < -0.3 is 15.4 Å². The Kier molecular flexibility index (Phi) is 4.66. The number of hydrogen-bond donors (Lipinski definition) is 2. The quantitative estimate of drug-likeness (QED) is 0.778. The minimum Gasteiger partial charge on any atom is -0.380 e. The molecule has 0 spiro atoms. The summed E-state index contributed by atoms with van der Waals surface area (Å²) in [5.41, 5.74) is 1.13. The maximum Gasteiger partial charge on any atom is 0.237 e. The third-order valence-electron chi connectivity index (χ3n) is 3.18.